The molecule has 0 aromatic heterocycles. The van der Waals surface area contributed by atoms with Gasteiger partial charge in [-0.3, -0.25) is 0 Å². The summed E-state index contributed by atoms with van der Waals surface area (Å²) in [5.41, 5.74) is 1.56. The van der Waals surface area contributed by atoms with Crippen molar-refractivity contribution in [1.82, 2.24) is 0 Å². The smallest absolute Gasteiger partial charge is 0.337 e. The molecule has 0 spiro atoms. The van der Waals surface area contributed by atoms with Crippen LogP contribution in [-0.4, -0.2) is 52.3 Å². The summed E-state index contributed by atoms with van der Waals surface area (Å²) in [5, 5.41) is 0. The number of hydrogen-bond donors (Lipinski definition) is 0. The molecule has 5 rings (SSSR count). The van der Waals surface area contributed by atoms with Gasteiger partial charge in [-0.1, -0.05) is 23.7 Å². The molecule has 0 heterocycles. The summed E-state index contributed by atoms with van der Waals surface area (Å²) in [4.78, 5) is 48.0. The van der Waals surface area contributed by atoms with Gasteiger partial charge in [0.15, 0.2) is 0 Å². The molecule has 3 aliphatic rings. The van der Waals surface area contributed by atoms with Crippen LogP contribution in [0.25, 0.3) is 0 Å². The van der Waals surface area contributed by atoms with Gasteiger partial charge < -0.3 is 18.9 Å². The minimum atomic E-state index is -0.569. The number of esters is 4. The third-order valence-electron chi connectivity index (χ3n) is 6.52. The van der Waals surface area contributed by atoms with E-state index in [1.165, 1.54) is 40.6 Å². The average Bonchev–Trinajstić information content (AvgIpc) is 2.88. The highest BCUT2D eigenvalue weighted by Gasteiger charge is 2.66. The Bertz CT molecular complexity index is 1250. The van der Waals surface area contributed by atoms with Crippen LogP contribution in [0.1, 0.15) is 71.8 Å². The molecule has 8 heteroatoms. The van der Waals surface area contributed by atoms with Crippen molar-refractivity contribution in [3.05, 3.63) is 69.8 Å². The van der Waals surface area contributed by atoms with Crippen LogP contribution >= 0.6 is 0 Å². The molecule has 0 saturated heterocycles. The monoisotopic (exact) mass is 500 g/mol. The lowest BCUT2D eigenvalue weighted by atomic mass is 9.36. The minimum Gasteiger partial charge on any atom is -0.465 e. The van der Waals surface area contributed by atoms with Crippen LogP contribution in [0.15, 0.2) is 36.4 Å². The second kappa shape index (κ2) is 9.83. The lowest BCUT2D eigenvalue weighted by Crippen LogP contribution is -2.60. The van der Waals surface area contributed by atoms with Crippen molar-refractivity contribution in [2.24, 2.45) is 10.8 Å². The van der Waals surface area contributed by atoms with Crippen molar-refractivity contribution in [3.63, 3.8) is 0 Å². The fourth-order valence-electron chi connectivity index (χ4n) is 4.80. The molecule has 0 aliphatic heterocycles. The third-order valence-corrected chi connectivity index (χ3v) is 6.52. The second-order valence-corrected chi connectivity index (χ2v) is 9.16. The maximum absolute atomic E-state index is 12.0. The van der Waals surface area contributed by atoms with Gasteiger partial charge in [-0.15, -0.1) is 0 Å². The van der Waals surface area contributed by atoms with Gasteiger partial charge in [0.05, 0.1) is 50.7 Å². The summed E-state index contributed by atoms with van der Waals surface area (Å²) in [7, 11) is 5.07. The van der Waals surface area contributed by atoms with E-state index in [-0.39, 0.29) is 33.1 Å². The number of ether oxygens (including phenoxy) is 4. The molecule has 188 valence electrons. The predicted octanol–water partition coefficient (Wildman–Crippen LogP) is 3.41. The quantitative estimate of drug-likeness (QED) is 0.357. The lowest BCUT2D eigenvalue weighted by Gasteiger charge is -2.65. The molecule has 3 fully saturated rings. The largest absolute Gasteiger partial charge is 0.465 e. The zero-order valence-electron chi connectivity index (χ0n) is 20.9. The van der Waals surface area contributed by atoms with Crippen molar-refractivity contribution in [2.45, 2.75) is 19.3 Å². The van der Waals surface area contributed by atoms with E-state index < -0.39 is 23.9 Å². The lowest BCUT2D eigenvalue weighted by molar-refractivity contribution is -0.113. The summed E-state index contributed by atoms with van der Waals surface area (Å²) < 4.78 is 19.1. The SMILES string of the molecule is COC(=O)c1cc(C#CC23CC(C#Cc4cc(C(=O)OC)cc(C(=O)OC)c4)(C2)C3)cc(C(=O)OC)c1. The molecule has 0 unspecified atom stereocenters. The van der Waals surface area contributed by atoms with E-state index >= 15 is 0 Å². The van der Waals surface area contributed by atoms with Crippen molar-refractivity contribution in [1.29, 1.82) is 0 Å². The van der Waals surface area contributed by atoms with Crippen LogP contribution in [0.2, 0.25) is 0 Å². The fraction of sp³-hybridized carbons (Fsp3) is 0.310. The molecule has 2 bridgehead atoms. The minimum absolute atomic E-state index is 0.174. The van der Waals surface area contributed by atoms with E-state index in [0.717, 1.165) is 19.3 Å². The standard InChI is InChI=1S/C29H24O8/c1-34-24(30)20-9-18(10-21(13-20)25(31)35-2)5-7-28-15-29(16-28,17-28)8-6-19-11-22(26(32)36-3)14-23(12-19)27(33)37-4/h9-14H,15-17H2,1-4H3. The predicted molar refractivity (Wildman–Crippen MR) is 131 cm³/mol. The summed E-state index contributed by atoms with van der Waals surface area (Å²) in [6, 6.07) is 9.16. The normalized spacial score (nSPS) is 20.3. The first-order valence-electron chi connectivity index (χ1n) is 11.4. The highest BCUT2D eigenvalue weighted by molar-refractivity contribution is 5.96. The zero-order valence-corrected chi connectivity index (χ0v) is 20.9. The third kappa shape index (κ3) is 5.05. The van der Waals surface area contributed by atoms with Crippen LogP contribution < -0.4 is 0 Å². The van der Waals surface area contributed by atoms with Crippen LogP contribution in [0, 0.1) is 34.5 Å². The number of hydrogen-bond acceptors (Lipinski definition) is 8. The summed E-state index contributed by atoms with van der Waals surface area (Å²) in [6.45, 7) is 0. The first kappa shape index (κ1) is 25.5. The van der Waals surface area contributed by atoms with Gasteiger partial charge in [-0.2, -0.15) is 0 Å². The van der Waals surface area contributed by atoms with E-state index in [1.54, 1.807) is 24.3 Å². The molecule has 8 nitrogen and oxygen atoms in total. The molecule has 0 amide bonds. The molecular formula is C29H24O8. The Morgan fingerprint density at radius 1 is 0.541 bits per heavy atom. The molecule has 2 aromatic carbocycles. The maximum atomic E-state index is 12.0. The summed E-state index contributed by atoms with van der Waals surface area (Å²) in [5.74, 6) is 10.5. The van der Waals surface area contributed by atoms with Crippen molar-refractivity contribution in [3.8, 4) is 23.7 Å². The number of benzene rings is 2. The van der Waals surface area contributed by atoms with Gasteiger partial charge in [0.25, 0.3) is 0 Å². The summed E-state index contributed by atoms with van der Waals surface area (Å²) >= 11 is 0. The average molecular weight is 501 g/mol. The van der Waals surface area contributed by atoms with E-state index in [9.17, 15) is 19.2 Å². The van der Waals surface area contributed by atoms with Gasteiger partial charge in [0.1, 0.15) is 0 Å². The van der Waals surface area contributed by atoms with Crippen LogP contribution in [0.3, 0.4) is 0 Å². The molecule has 0 radical (unpaired) electrons. The number of carbonyl (C=O) groups excluding carboxylic acids is 4. The first-order chi connectivity index (χ1) is 17.6. The van der Waals surface area contributed by atoms with Crippen LogP contribution in [0.4, 0.5) is 0 Å². The highest BCUT2D eigenvalue weighted by Crippen LogP contribution is 2.72. The Balaban J connectivity index is 1.52. The van der Waals surface area contributed by atoms with E-state index in [0.29, 0.717) is 11.1 Å². The number of rotatable bonds is 4. The topological polar surface area (TPSA) is 105 Å². The van der Waals surface area contributed by atoms with Crippen molar-refractivity contribution >= 4 is 23.9 Å². The second-order valence-electron chi connectivity index (χ2n) is 9.16. The molecule has 2 aromatic rings. The van der Waals surface area contributed by atoms with Crippen LogP contribution in [0.5, 0.6) is 0 Å². The Morgan fingerprint density at radius 3 is 1.05 bits per heavy atom. The van der Waals surface area contributed by atoms with Crippen molar-refractivity contribution in [2.75, 3.05) is 28.4 Å². The molecule has 3 aliphatic carbocycles. The molecular weight excluding hydrogens is 476 g/mol. The van der Waals surface area contributed by atoms with Gasteiger partial charge in [-0.25, -0.2) is 19.2 Å². The van der Waals surface area contributed by atoms with E-state index in [4.69, 9.17) is 18.9 Å². The Labute approximate surface area is 214 Å². The van der Waals surface area contributed by atoms with Gasteiger partial charge >= 0.3 is 23.9 Å². The van der Waals surface area contributed by atoms with Gasteiger partial charge in [-0.05, 0) is 55.7 Å². The maximum Gasteiger partial charge on any atom is 0.337 e. The molecule has 0 N–H and O–H groups in total. The van der Waals surface area contributed by atoms with E-state index in [1.807, 2.05) is 0 Å². The van der Waals surface area contributed by atoms with Crippen LogP contribution in [-0.2, 0) is 18.9 Å². The number of methoxy groups -OCH3 is 4. The Morgan fingerprint density at radius 2 is 0.811 bits per heavy atom. The van der Waals surface area contributed by atoms with Gasteiger partial charge in [0.2, 0.25) is 0 Å². The van der Waals surface area contributed by atoms with Gasteiger partial charge in [0, 0.05) is 22.0 Å². The Hall–Kier alpha value is -4.56. The number of carbonyl (C=O) groups is 4. The fourth-order valence-corrected chi connectivity index (χ4v) is 4.80. The Kier molecular flexibility index (Phi) is 6.78. The summed E-state index contributed by atoms with van der Waals surface area (Å²) in [6.07, 6.45) is 2.34. The molecule has 37 heavy (non-hydrogen) atoms. The molecule has 0 atom stereocenters. The van der Waals surface area contributed by atoms with Crippen molar-refractivity contribution < 1.29 is 38.1 Å². The zero-order chi connectivity index (χ0) is 26.8. The molecule has 3 saturated carbocycles. The van der Waals surface area contributed by atoms with E-state index in [2.05, 4.69) is 23.7 Å². The highest BCUT2D eigenvalue weighted by atomic mass is 16.5. The first-order valence-corrected chi connectivity index (χ1v) is 11.4.